The highest BCUT2D eigenvalue weighted by atomic mass is 32.2. The lowest BCUT2D eigenvalue weighted by atomic mass is 10.2. The van der Waals surface area contributed by atoms with Gasteiger partial charge in [0.1, 0.15) is 0 Å². The van der Waals surface area contributed by atoms with Gasteiger partial charge in [-0.2, -0.15) is 0 Å². The standard InChI is InChI=1S/C13H16N2O2S/c1-11-4-6-13(7-5-11)18(16,17)15-10-2-3-12(15)8-9-14/h2-7,10H,8-9,14H2,1H3. The minimum Gasteiger partial charge on any atom is -0.330 e. The number of hydrogen-bond acceptors (Lipinski definition) is 3. The molecule has 0 aliphatic rings. The van der Waals surface area contributed by atoms with E-state index < -0.39 is 10.0 Å². The molecule has 1 aromatic heterocycles. The fourth-order valence-electron chi connectivity index (χ4n) is 1.80. The number of rotatable bonds is 4. The largest absolute Gasteiger partial charge is 0.330 e. The van der Waals surface area contributed by atoms with Crippen molar-refractivity contribution in [3.05, 3.63) is 53.9 Å². The van der Waals surface area contributed by atoms with Crippen molar-refractivity contribution < 1.29 is 8.42 Å². The van der Waals surface area contributed by atoms with Crippen molar-refractivity contribution in [2.45, 2.75) is 18.2 Å². The maximum Gasteiger partial charge on any atom is 0.267 e. The Labute approximate surface area is 107 Å². The summed E-state index contributed by atoms with van der Waals surface area (Å²) >= 11 is 0. The molecule has 0 unspecified atom stereocenters. The molecule has 0 saturated carbocycles. The van der Waals surface area contributed by atoms with Gasteiger partial charge in [0.2, 0.25) is 0 Å². The third-order valence-electron chi connectivity index (χ3n) is 2.77. The highest BCUT2D eigenvalue weighted by Crippen LogP contribution is 2.17. The SMILES string of the molecule is Cc1ccc(S(=O)(=O)n2cccc2CCN)cc1. The van der Waals surface area contributed by atoms with Gasteiger partial charge < -0.3 is 5.73 Å². The first-order chi connectivity index (χ1) is 8.55. The van der Waals surface area contributed by atoms with E-state index in [1.807, 2.05) is 6.92 Å². The summed E-state index contributed by atoms with van der Waals surface area (Å²) in [4.78, 5) is 0.294. The molecule has 96 valence electrons. The van der Waals surface area contributed by atoms with Crippen molar-refractivity contribution in [1.82, 2.24) is 3.97 Å². The van der Waals surface area contributed by atoms with Crippen LogP contribution < -0.4 is 5.73 Å². The fourth-order valence-corrected chi connectivity index (χ4v) is 3.20. The monoisotopic (exact) mass is 264 g/mol. The molecule has 2 N–H and O–H groups in total. The van der Waals surface area contributed by atoms with Crippen LogP contribution in [0, 0.1) is 6.92 Å². The van der Waals surface area contributed by atoms with Gasteiger partial charge in [-0.3, -0.25) is 0 Å². The first-order valence-corrected chi connectivity index (χ1v) is 7.18. The van der Waals surface area contributed by atoms with Crippen LogP contribution in [0.5, 0.6) is 0 Å². The molecular weight excluding hydrogens is 248 g/mol. The Bertz CT molecular complexity index is 627. The van der Waals surface area contributed by atoms with Crippen LogP contribution in [0.1, 0.15) is 11.3 Å². The fraction of sp³-hybridized carbons (Fsp3) is 0.231. The number of nitrogens with zero attached hydrogens (tertiary/aromatic N) is 1. The van der Waals surface area contributed by atoms with E-state index in [2.05, 4.69) is 0 Å². The van der Waals surface area contributed by atoms with Crippen LogP contribution in [0.25, 0.3) is 0 Å². The van der Waals surface area contributed by atoms with Crippen molar-refractivity contribution in [2.75, 3.05) is 6.54 Å². The van der Waals surface area contributed by atoms with E-state index in [4.69, 9.17) is 5.73 Å². The summed E-state index contributed by atoms with van der Waals surface area (Å²) in [7, 11) is -3.50. The van der Waals surface area contributed by atoms with Crippen molar-refractivity contribution in [3.63, 3.8) is 0 Å². The first-order valence-electron chi connectivity index (χ1n) is 5.74. The average molecular weight is 264 g/mol. The topological polar surface area (TPSA) is 65.1 Å². The molecule has 1 aromatic carbocycles. The molecule has 0 saturated heterocycles. The second-order valence-corrected chi connectivity index (χ2v) is 5.97. The van der Waals surface area contributed by atoms with E-state index in [1.165, 1.54) is 3.97 Å². The molecule has 4 nitrogen and oxygen atoms in total. The van der Waals surface area contributed by atoms with E-state index >= 15 is 0 Å². The van der Waals surface area contributed by atoms with Crippen molar-refractivity contribution in [2.24, 2.45) is 5.73 Å². The van der Waals surface area contributed by atoms with Gasteiger partial charge in [-0.05, 0) is 37.7 Å². The molecule has 0 bridgehead atoms. The quantitative estimate of drug-likeness (QED) is 0.911. The van der Waals surface area contributed by atoms with Gasteiger partial charge in [-0.25, -0.2) is 12.4 Å². The zero-order valence-electron chi connectivity index (χ0n) is 10.2. The molecule has 0 fully saturated rings. The summed E-state index contributed by atoms with van der Waals surface area (Å²) in [6.45, 7) is 2.35. The molecule has 0 radical (unpaired) electrons. The molecule has 0 atom stereocenters. The van der Waals surface area contributed by atoms with E-state index in [0.717, 1.165) is 5.56 Å². The zero-order valence-corrected chi connectivity index (χ0v) is 11.0. The lowest BCUT2D eigenvalue weighted by Gasteiger charge is -2.10. The summed E-state index contributed by atoms with van der Waals surface area (Å²) in [5, 5.41) is 0. The third-order valence-corrected chi connectivity index (χ3v) is 4.51. The number of benzene rings is 1. The lowest BCUT2D eigenvalue weighted by molar-refractivity contribution is 0.585. The molecule has 2 aromatic rings. The lowest BCUT2D eigenvalue weighted by Crippen LogP contribution is -2.16. The number of aryl methyl sites for hydroxylation is 1. The smallest absolute Gasteiger partial charge is 0.267 e. The van der Waals surface area contributed by atoms with Crippen molar-refractivity contribution in [1.29, 1.82) is 0 Å². The van der Waals surface area contributed by atoms with E-state index in [0.29, 0.717) is 23.6 Å². The van der Waals surface area contributed by atoms with Crippen molar-refractivity contribution in [3.8, 4) is 0 Å². The maximum atomic E-state index is 12.4. The second kappa shape index (κ2) is 4.96. The van der Waals surface area contributed by atoms with Crippen LogP contribution in [0.2, 0.25) is 0 Å². The average Bonchev–Trinajstić information content (AvgIpc) is 2.79. The predicted molar refractivity (Wildman–Crippen MR) is 71.0 cm³/mol. The molecule has 5 heteroatoms. The Hall–Kier alpha value is -1.59. The summed E-state index contributed by atoms with van der Waals surface area (Å²) in [6, 6.07) is 10.3. The summed E-state index contributed by atoms with van der Waals surface area (Å²) < 4.78 is 26.1. The summed E-state index contributed by atoms with van der Waals surface area (Å²) in [5.41, 5.74) is 7.22. The third kappa shape index (κ3) is 2.32. The predicted octanol–water partition coefficient (Wildman–Crippen LogP) is 1.53. The second-order valence-electron chi connectivity index (χ2n) is 4.15. The highest BCUT2D eigenvalue weighted by Gasteiger charge is 2.18. The van der Waals surface area contributed by atoms with Crippen molar-refractivity contribution >= 4 is 10.0 Å². The van der Waals surface area contributed by atoms with E-state index in [1.54, 1.807) is 42.6 Å². The van der Waals surface area contributed by atoms with Crippen LogP contribution in [-0.4, -0.2) is 18.9 Å². The van der Waals surface area contributed by atoms with Crippen LogP contribution in [0.4, 0.5) is 0 Å². The molecule has 0 aliphatic heterocycles. The van der Waals surface area contributed by atoms with E-state index in [-0.39, 0.29) is 0 Å². The summed E-state index contributed by atoms with van der Waals surface area (Å²) in [5.74, 6) is 0. The van der Waals surface area contributed by atoms with Gasteiger partial charge in [-0.15, -0.1) is 0 Å². The minimum absolute atomic E-state index is 0.294. The van der Waals surface area contributed by atoms with Gasteiger partial charge >= 0.3 is 0 Å². The Morgan fingerprint density at radius 1 is 1.17 bits per heavy atom. The zero-order chi connectivity index (χ0) is 13.2. The van der Waals surface area contributed by atoms with Gasteiger partial charge in [0, 0.05) is 18.3 Å². The number of aromatic nitrogens is 1. The molecule has 0 aliphatic carbocycles. The Balaban J connectivity index is 2.48. The highest BCUT2D eigenvalue weighted by molar-refractivity contribution is 7.90. The Morgan fingerprint density at radius 2 is 1.83 bits per heavy atom. The van der Waals surface area contributed by atoms with Gasteiger partial charge in [0.25, 0.3) is 10.0 Å². The van der Waals surface area contributed by atoms with Crippen LogP contribution >= 0.6 is 0 Å². The maximum absolute atomic E-state index is 12.4. The van der Waals surface area contributed by atoms with Crippen LogP contribution in [0.15, 0.2) is 47.5 Å². The minimum atomic E-state index is -3.50. The van der Waals surface area contributed by atoms with Gasteiger partial charge in [0.05, 0.1) is 4.90 Å². The van der Waals surface area contributed by atoms with E-state index in [9.17, 15) is 8.42 Å². The first kappa shape index (κ1) is 12.9. The molecule has 1 heterocycles. The number of hydrogen-bond donors (Lipinski definition) is 1. The molecule has 0 spiro atoms. The Kier molecular flexibility index (Phi) is 3.54. The van der Waals surface area contributed by atoms with Crippen LogP contribution in [-0.2, 0) is 16.4 Å². The molecular formula is C13H16N2O2S. The van der Waals surface area contributed by atoms with Gasteiger partial charge in [-0.1, -0.05) is 17.7 Å². The normalized spacial score (nSPS) is 11.7. The van der Waals surface area contributed by atoms with Gasteiger partial charge in [0.15, 0.2) is 0 Å². The molecule has 18 heavy (non-hydrogen) atoms. The Morgan fingerprint density at radius 3 is 2.44 bits per heavy atom. The molecule has 2 rings (SSSR count). The number of nitrogens with two attached hydrogens (primary N) is 1. The molecule has 0 amide bonds. The van der Waals surface area contributed by atoms with Crippen LogP contribution in [0.3, 0.4) is 0 Å². The summed E-state index contributed by atoms with van der Waals surface area (Å²) in [6.07, 6.45) is 2.10.